The lowest BCUT2D eigenvalue weighted by Crippen LogP contribution is -2.37. The number of benzene rings is 2. The molecule has 146 valence electrons. The van der Waals surface area contributed by atoms with Gasteiger partial charge in [-0.25, -0.2) is 0 Å². The molecular formula is C19H21F3N2O3. The van der Waals surface area contributed by atoms with Gasteiger partial charge in [0, 0.05) is 19.3 Å². The van der Waals surface area contributed by atoms with Gasteiger partial charge in [0.2, 0.25) is 5.91 Å². The van der Waals surface area contributed by atoms with Gasteiger partial charge in [0.25, 0.3) is 0 Å². The van der Waals surface area contributed by atoms with Crippen molar-refractivity contribution in [2.24, 2.45) is 0 Å². The van der Waals surface area contributed by atoms with Gasteiger partial charge >= 0.3 is 6.18 Å². The lowest BCUT2D eigenvalue weighted by Gasteiger charge is -2.21. The lowest BCUT2D eigenvalue weighted by atomic mass is 10.1. The Kier molecular flexibility index (Phi) is 6.68. The summed E-state index contributed by atoms with van der Waals surface area (Å²) in [6.45, 7) is -0.112. The van der Waals surface area contributed by atoms with Crippen molar-refractivity contribution >= 4 is 11.6 Å². The van der Waals surface area contributed by atoms with E-state index in [9.17, 15) is 23.1 Å². The smallest absolute Gasteiger partial charge is 0.416 e. The van der Waals surface area contributed by atoms with Crippen LogP contribution in [0.2, 0.25) is 0 Å². The number of rotatable bonds is 7. The molecule has 1 amide bonds. The van der Waals surface area contributed by atoms with Crippen LogP contribution in [0.3, 0.4) is 0 Å². The van der Waals surface area contributed by atoms with Crippen molar-refractivity contribution in [3.05, 3.63) is 59.7 Å². The predicted octanol–water partition coefficient (Wildman–Crippen LogP) is 2.73. The Bertz CT molecular complexity index is 746. The quantitative estimate of drug-likeness (QED) is 0.722. The van der Waals surface area contributed by atoms with E-state index in [-0.39, 0.29) is 31.2 Å². The zero-order valence-electron chi connectivity index (χ0n) is 14.7. The number of nitrogens with zero attached hydrogens (tertiary/aromatic N) is 1. The molecule has 1 unspecified atom stereocenters. The molecule has 0 bridgehead atoms. The molecule has 0 aliphatic carbocycles. The first-order valence-electron chi connectivity index (χ1n) is 8.21. The first-order valence-corrected chi connectivity index (χ1v) is 8.21. The summed E-state index contributed by atoms with van der Waals surface area (Å²) in [6.07, 6.45) is -5.22. The van der Waals surface area contributed by atoms with E-state index in [1.165, 1.54) is 17.0 Å². The van der Waals surface area contributed by atoms with Crippen molar-refractivity contribution in [1.82, 2.24) is 4.90 Å². The van der Waals surface area contributed by atoms with E-state index in [1.807, 2.05) is 0 Å². The number of carbonyl (C=O) groups excluding carboxylic acids is 1. The molecule has 0 saturated heterocycles. The fourth-order valence-corrected chi connectivity index (χ4v) is 2.35. The number of hydrogen-bond donors (Lipinski definition) is 2. The third-order valence-electron chi connectivity index (χ3n) is 3.87. The van der Waals surface area contributed by atoms with Gasteiger partial charge in [0.05, 0.1) is 12.0 Å². The summed E-state index contributed by atoms with van der Waals surface area (Å²) in [7, 11) is 1.56. The van der Waals surface area contributed by atoms with Crippen LogP contribution in [0.5, 0.6) is 5.75 Å². The van der Waals surface area contributed by atoms with Gasteiger partial charge in [-0.3, -0.25) is 4.79 Å². The molecule has 1 atom stereocenters. The summed E-state index contributed by atoms with van der Waals surface area (Å²) in [5.41, 5.74) is 6.23. The third kappa shape index (κ3) is 6.49. The Balaban J connectivity index is 1.79. The number of likely N-dealkylation sites (N-methyl/N-ethyl adjacent to an activating group) is 1. The standard InChI is InChI=1S/C19H21F3N2O3/c1-24(18(26)10-13-2-6-15(23)7-3-13)11-16(25)12-27-17-8-4-14(5-9-17)19(20,21)22/h2-9,16,25H,10-12,23H2,1H3. The fraction of sp³-hybridized carbons (Fsp3) is 0.316. The summed E-state index contributed by atoms with van der Waals surface area (Å²) in [5, 5.41) is 10.0. The second-order valence-electron chi connectivity index (χ2n) is 6.18. The predicted molar refractivity (Wildman–Crippen MR) is 95.1 cm³/mol. The van der Waals surface area contributed by atoms with Crippen molar-refractivity contribution in [1.29, 1.82) is 0 Å². The van der Waals surface area contributed by atoms with Crippen LogP contribution < -0.4 is 10.5 Å². The maximum atomic E-state index is 12.5. The van der Waals surface area contributed by atoms with Gasteiger partial charge in [-0.15, -0.1) is 0 Å². The van der Waals surface area contributed by atoms with Crippen LogP contribution in [0, 0.1) is 0 Å². The number of aliphatic hydroxyl groups excluding tert-OH is 1. The monoisotopic (exact) mass is 382 g/mol. The average molecular weight is 382 g/mol. The number of aliphatic hydroxyl groups is 1. The van der Waals surface area contributed by atoms with Gasteiger partial charge < -0.3 is 20.5 Å². The van der Waals surface area contributed by atoms with E-state index in [4.69, 9.17) is 10.5 Å². The summed E-state index contributed by atoms with van der Waals surface area (Å²) >= 11 is 0. The van der Waals surface area contributed by atoms with Gasteiger partial charge in [-0.2, -0.15) is 13.2 Å². The van der Waals surface area contributed by atoms with Crippen LogP contribution in [0.15, 0.2) is 48.5 Å². The fourth-order valence-electron chi connectivity index (χ4n) is 2.35. The molecule has 0 aromatic heterocycles. The summed E-state index contributed by atoms with van der Waals surface area (Å²) in [4.78, 5) is 13.5. The minimum absolute atomic E-state index is 0.0362. The maximum absolute atomic E-state index is 12.5. The van der Waals surface area contributed by atoms with E-state index in [0.717, 1.165) is 17.7 Å². The Labute approximate surface area is 155 Å². The van der Waals surface area contributed by atoms with E-state index in [0.29, 0.717) is 5.69 Å². The molecule has 0 heterocycles. The van der Waals surface area contributed by atoms with E-state index < -0.39 is 17.8 Å². The summed E-state index contributed by atoms with van der Waals surface area (Å²) in [5.74, 6) is 0.0197. The normalized spacial score (nSPS) is 12.5. The second-order valence-corrected chi connectivity index (χ2v) is 6.18. The average Bonchev–Trinajstić information content (AvgIpc) is 2.61. The highest BCUT2D eigenvalue weighted by molar-refractivity contribution is 5.78. The second kappa shape index (κ2) is 8.77. The zero-order chi connectivity index (χ0) is 20.0. The van der Waals surface area contributed by atoms with Gasteiger partial charge in [-0.05, 0) is 42.0 Å². The minimum atomic E-state index is -4.41. The number of halogens is 3. The molecule has 2 rings (SSSR count). The summed E-state index contributed by atoms with van der Waals surface area (Å²) < 4.78 is 42.8. The van der Waals surface area contributed by atoms with Crippen LogP contribution in [-0.2, 0) is 17.4 Å². The topological polar surface area (TPSA) is 75.8 Å². The number of hydrogen-bond acceptors (Lipinski definition) is 4. The molecule has 0 spiro atoms. The van der Waals surface area contributed by atoms with Crippen molar-refractivity contribution in [3.8, 4) is 5.75 Å². The highest BCUT2D eigenvalue weighted by Gasteiger charge is 2.30. The number of alkyl halides is 3. The van der Waals surface area contributed by atoms with Crippen molar-refractivity contribution in [2.45, 2.75) is 18.7 Å². The molecule has 27 heavy (non-hydrogen) atoms. The zero-order valence-corrected chi connectivity index (χ0v) is 14.7. The van der Waals surface area contributed by atoms with E-state index in [1.54, 1.807) is 31.3 Å². The Morgan fingerprint density at radius 3 is 2.30 bits per heavy atom. The Morgan fingerprint density at radius 2 is 1.74 bits per heavy atom. The molecule has 2 aromatic rings. The Hall–Kier alpha value is -2.74. The van der Waals surface area contributed by atoms with E-state index in [2.05, 4.69) is 0 Å². The minimum Gasteiger partial charge on any atom is -0.491 e. The van der Waals surface area contributed by atoms with Crippen LogP contribution in [0.25, 0.3) is 0 Å². The molecular weight excluding hydrogens is 361 g/mol. The SMILES string of the molecule is CN(CC(O)COc1ccc(C(F)(F)F)cc1)C(=O)Cc1ccc(N)cc1. The van der Waals surface area contributed by atoms with Gasteiger partial charge in [-0.1, -0.05) is 12.1 Å². The first kappa shape index (κ1) is 20.6. The molecule has 0 radical (unpaired) electrons. The first-order chi connectivity index (χ1) is 12.6. The largest absolute Gasteiger partial charge is 0.491 e. The number of nitrogen functional groups attached to an aromatic ring is 1. The van der Waals surface area contributed by atoms with Crippen molar-refractivity contribution < 1.29 is 27.8 Å². The molecule has 0 saturated carbocycles. The molecule has 0 fully saturated rings. The lowest BCUT2D eigenvalue weighted by molar-refractivity contribution is -0.137. The highest BCUT2D eigenvalue weighted by atomic mass is 19.4. The molecule has 2 aromatic carbocycles. The third-order valence-corrected chi connectivity index (χ3v) is 3.87. The molecule has 5 nitrogen and oxygen atoms in total. The maximum Gasteiger partial charge on any atom is 0.416 e. The van der Waals surface area contributed by atoms with Crippen LogP contribution in [0.4, 0.5) is 18.9 Å². The van der Waals surface area contributed by atoms with Crippen LogP contribution in [0.1, 0.15) is 11.1 Å². The van der Waals surface area contributed by atoms with Crippen molar-refractivity contribution in [3.63, 3.8) is 0 Å². The molecule has 8 heteroatoms. The van der Waals surface area contributed by atoms with Gasteiger partial charge in [0.15, 0.2) is 0 Å². The number of carbonyl (C=O) groups is 1. The number of anilines is 1. The number of amides is 1. The van der Waals surface area contributed by atoms with E-state index >= 15 is 0 Å². The number of ether oxygens (including phenoxy) is 1. The molecule has 0 aliphatic rings. The summed E-state index contributed by atoms with van der Waals surface area (Å²) in [6, 6.07) is 11.1. The number of nitrogens with two attached hydrogens (primary N) is 1. The van der Waals surface area contributed by atoms with Crippen molar-refractivity contribution in [2.75, 3.05) is 25.9 Å². The van der Waals surface area contributed by atoms with Crippen LogP contribution >= 0.6 is 0 Å². The molecule has 3 N–H and O–H groups in total. The highest BCUT2D eigenvalue weighted by Crippen LogP contribution is 2.30. The Morgan fingerprint density at radius 1 is 1.15 bits per heavy atom. The van der Waals surface area contributed by atoms with Gasteiger partial charge in [0.1, 0.15) is 18.5 Å². The molecule has 0 aliphatic heterocycles. The van der Waals surface area contributed by atoms with Crippen LogP contribution in [-0.4, -0.2) is 42.2 Å².